The van der Waals surface area contributed by atoms with Crippen molar-refractivity contribution in [1.29, 1.82) is 0 Å². The number of nitrogens with one attached hydrogen (secondary N) is 1. The van der Waals surface area contributed by atoms with Crippen molar-refractivity contribution in [2.24, 2.45) is 11.8 Å². The van der Waals surface area contributed by atoms with E-state index in [2.05, 4.69) is 30.5 Å². The molecule has 2 aliphatic rings. The minimum Gasteiger partial charge on any atom is -0.380 e. The van der Waals surface area contributed by atoms with E-state index < -0.39 is 0 Å². The predicted octanol–water partition coefficient (Wildman–Crippen LogP) is 3.30. The Bertz CT molecular complexity index is 415. The maximum absolute atomic E-state index is 5.66. The molecule has 1 aromatic heterocycles. The molecule has 1 aromatic rings. The van der Waals surface area contributed by atoms with Crippen LogP contribution >= 0.6 is 0 Å². The second-order valence-corrected chi connectivity index (χ2v) is 6.84. The zero-order valence-corrected chi connectivity index (χ0v) is 12.7. The summed E-state index contributed by atoms with van der Waals surface area (Å²) in [5.41, 5.74) is 1.16. The van der Waals surface area contributed by atoms with Crippen LogP contribution < -0.4 is 5.32 Å². The fraction of sp³-hybridized carbons (Fsp3) is 0.812. The van der Waals surface area contributed by atoms with E-state index >= 15 is 0 Å². The molecule has 3 unspecified atom stereocenters. The molecule has 0 aromatic carbocycles. The molecule has 1 saturated carbocycles. The average molecular weight is 277 g/mol. The van der Waals surface area contributed by atoms with Gasteiger partial charge in [-0.05, 0) is 43.9 Å². The van der Waals surface area contributed by atoms with Gasteiger partial charge in [-0.1, -0.05) is 13.8 Å². The normalized spacial score (nSPS) is 34.3. The molecule has 3 rings (SSSR count). The van der Waals surface area contributed by atoms with Crippen LogP contribution in [0.15, 0.2) is 12.4 Å². The van der Waals surface area contributed by atoms with Crippen LogP contribution in [0.25, 0.3) is 0 Å². The molecule has 2 heterocycles. The van der Waals surface area contributed by atoms with E-state index in [9.17, 15) is 0 Å². The Morgan fingerprint density at radius 1 is 1.30 bits per heavy atom. The zero-order valence-electron chi connectivity index (χ0n) is 12.7. The summed E-state index contributed by atoms with van der Waals surface area (Å²) in [5.74, 6) is 1.66. The van der Waals surface area contributed by atoms with Crippen molar-refractivity contribution in [3.8, 4) is 0 Å². The van der Waals surface area contributed by atoms with Gasteiger partial charge in [-0.15, -0.1) is 0 Å². The summed E-state index contributed by atoms with van der Waals surface area (Å²) in [7, 11) is 0. The monoisotopic (exact) mass is 277 g/mol. The number of ether oxygens (including phenoxy) is 1. The number of hydrogen-bond acceptors (Lipinski definition) is 3. The highest BCUT2D eigenvalue weighted by Crippen LogP contribution is 2.30. The van der Waals surface area contributed by atoms with E-state index in [-0.39, 0.29) is 0 Å². The third-order valence-corrected chi connectivity index (χ3v) is 4.60. The molecule has 1 aliphatic carbocycles. The number of aromatic nitrogens is 2. The average Bonchev–Trinajstić information content (AvgIpc) is 3.01. The van der Waals surface area contributed by atoms with Gasteiger partial charge in [-0.2, -0.15) is 5.10 Å². The van der Waals surface area contributed by atoms with Crippen molar-refractivity contribution in [3.63, 3.8) is 0 Å². The lowest BCUT2D eigenvalue weighted by Gasteiger charge is -2.32. The minimum absolute atomic E-state index is 0.359. The number of hydrogen-bond donors (Lipinski definition) is 1. The highest BCUT2D eigenvalue weighted by Gasteiger charge is 2.24. The molecular formula is C16H27N3O. The van der Waals surface area contributed by atoms with Crippen molar-refractivity contribution in [2.45, 2.75) is 64.6 Å². The first-order valence-electron chi connectivity index (χ1n) is 8.09. The molecule has 112 valence electrons. The summed E-state index contributed by atoms with van der Waals surface area (Å²) in [5, 5.41) is 8.12. The van der Waals surface area contributed by atoms with Gasteiger partial charge in [0, 0.05) is 18.8 Å². The Balaban J connectivity index is 1.53. The molecule has 1 aliphatic heterocycles. The predicted molar refractivity (Wildman–Crippen MR) is 80.8 cm³/mol. The first-order valence-corrected chi connectivity index (χ1v) is 8.09. The smallest absolute Gasteiger partial charge is 0.0771 e. The quantitative estimate of drug-likeness (QED) is 0.918. The number of anilines is 1. The lowest BCUT2D eigenvalue weighted by atomic mass is 9.80. The van der Waals surface area contributed by atoms with Crippen LogP contribution in [0.4, 0.5) is 5.69 Å². The van der Waals surface area contributed by atoms with Crippen LogP contribution in [-0.2, 0) is 11.3 Å². The molecule has 20 heavy (non-hydrogen) atoms. The molecular weight excluding hydrogens is 250 g/mol. The maximum Gasteiger partial charge on any atom is 0.0771 e. The highest BCUT2D eigenvalue weighted by molar-refractivity contribution is 5.39. The molecule has 2 fully saturated rings. The van der Waals surface area contributed by atoms with Crippen LogP contribution in [0, 0.1) is 11.8 Å². The molecule has 0 amide bonds. The third kappa shape index (κ3) is 3.54. The molecule has 0 radical (unpaired) electrons. The van der Waals surface area contributed by atoms with Crippen LogP contribution in [0.1, 0.15) is 46.0 Å². The second kappa shape index (κ2) is 6.17. The van der Waals surface area contributed by atoms with E-state index in [0.29, 0.717) is 12.1 Å². The van der Waals surface area contributed by atoms with Crippen molar-refractivity contribution in [1.82, 2.24) is 9.78 Å². The highest BCUT2D eigenvalue weighted by atomic mass is 16.5. The van der Waals surface area contributed by atoms with E-state index in [1.807, 2.05) is 10.9 Å². The zero-order chi connectivity index (χ0) is 13.9. The van der Waals surface area contributed by atoms with Crippen LogP contribution in [0.2, 0.25) is 0 Å². The molecule has 4 heteroatoms. The molecule has 4 nitrogen and oxygen atoms in total. The summed E-state index contributed by atoms with van der Waals surface area (Å²) in [4.78, 5) is 0. The lowest BCUT2D eigenvalue weighted by molar-refractivity contribution is 0.0940. The van der Waals surface area contributed by atoms with E-state index in [4.69, 9.17) is 4.74 Å². The van der Waals surface area contributed by atoms with Crippen LogP contribution in [0.5, 0.6) is 0 Å². The van der Waals surface area contributed by atoms with Gasteiger partial charge in [0.05, 0.1) is 24.5 Å². The van der Waals surface area contributed by atoms with Gasteiger partial charge < -0.3 is 10.1 Å². The lowest BCUT2D eigenvalue weighted by Crippen LogP contribution is -2.30. The third-order valence-electron chi connectivity index (χ3n) is 4.60. The first-order chi connectivity index (χ1) is 9.69. The van der Waals surface area contributed by atoms with Crippen molar-refractivity contribution in [3.05, 3.63) is 12.4 Å². The SMILES string of the molecule is CC1CC(C)CC(Nc2cnn(CC3CCCO3)c2)C1. The molecule has 0 spiro atoms. The van der Waals surface area contributed by atoms with Gasteiger partial charge >= 0.3 is 0 Å². The Labute approximate surface area is 121 Å². The van der Waals surface area contributed by atoms with E-state index in [0.717, 1.165) is 30.7 Å². The van der Waals surface area contributed by atoms with Gasteiger partial charge in [0.25, 0.3) is 0 Å². The second-order valence-electron chi connectivity index (χ2n) is 6.84. The number of nitrogens with zero attached hydrogens (tertiary/aromatic N) is 2. The Morgan fingerprint density at radius 3 is 2.80 bits per heavy atom. The molecule has 1 saturated heterocycles. The van der Waals surface area contributed by atoms with Crippen LogP contribution in [0.3, 0.4) is 0 Å². The summed E-state index contributed by atoms with van der Waals surface area (Å²) < 4.78 is 7.68. The first kappa shape index (κ1) is 13.9. The number of rotatable bonds is 4. The Kier molecular flexibility index (Phi) is 4.29. The Morgan fingerprint density at radius 2 is 2.10 bits per heavy atom. The van der Waals surface area contributed by atoms with Crippen LogP contribution in [-0.4, -0.2) is 28.5 Å². The summed E-state index contributed by atoms with van der Waals surface area (Å²) in [6.45, 7) is 6.53. The minimum atomic E-state index is 0.359. The van der Waals surface area contributed by atoms with E-state index in [1.54, 1.807) is 0 Å². The van der Waals surface area contributed by atoms with Gasteiger partial charge in [-0.3, -0.25) is 4.68 Å². The standard InChI is InChI=1S/C16H27N3O/c1-12-6-13(2)8-14(7-12)18-15-9-17-19(10-15)11-16-4-3-5-20-16/h9-10,12-14,16,18H,3-8,11H2,1-2H3. The van der Waals surface area contributed by atoms with Gasteiger partial charge in [0.1, 0.15) is 0 Å². The maximum atomic E-state index is 5.66. The van der Waals surface area contributed by atoms with E-state index in [1.165, 1.54) is 32.1 Å². The fourth-order valence-electron chi connectivity index (χ4n) is 3.84. The molecule has 1 N–H and O–H groups in total. The fourth-order valence-corrected chi connectivity index (χ4v) is 3.84. The van der Waals surface area contributed by atoms with Gasteiger partial charge in [0.15, 0.2) is 0 Å². The summed E-state index contributed by atoms with van der Waals surface area (Å²) in [6.07, 6.45) is 10.7. The van der Waals surface area contributed by atoms with Crippen molar-refractivity contribution < 1.29 is 4.74 Å². The Hall–Kier alpha value is -1.03. The topological polar surface area (TPSA) is 39.1 Å². The van der Waals surface area contributed by atoms with Crippen molar-refractivity contribution >= 4 is 5.69 Å². The van der Waals surface area contributed by atoms with Gasteiger partial charge in [0.2, 0.25) is 0 Å². The van der Waals surface area contributed by atoms with Crippen molar-refractivity contribution in [2.75, 3.05) is 11.9 Å². The molecule has 3 atom stereocenters. The van der Waals surface area contributed by atoms with Gasteiger partial charge in [-0.25, -0.2) is 0 Å². The summed E-state index contributed by atoms with van der Waals surface area (Å²) >= 11 is 0. The molecule has 0 bridgehead atoms. The largest absolute Gasteiger partial charge is 0.380 e. The summed E-state index contributed by atoms with van der Waals surface area (Å²) in [6, 6.07) is 0.606.